The summed E-state index contributed by atoms with van der Waals surface area (Å²) in [7, 11) is 0. The first kappa shape index (κ1) is 19.7. The summed E-state index contributed by atoms with van der Waals surface area (Å²) in [4.78, 5) is 0. The molecule has 0 saturated carbocycles. The third-order valence-electron chi connectivity index (χ3n) is 4.63. The third-order valence-corrected chi connectivity index (χ3v) is 4.63. The molecule has 0 atom stereocenters. The third kappa shape index (κ3) is 4.61. The van der Waals surface area contributed by atoms with E-state index >= 15 is 0 Å². The second kappa shape index (κ2) is 9.23. The van der Waals surface area contributed by atoms with Crippen molar-refractivity contribution in [2.75, 3.05) is 11.6 Å². The van der Waals surface area contributed by atoms with Crippen LogP contribution in [0.3, 0.4) is 0 Å². The number of hydrazone groups is 1. The molecule has 3 nitrogen and oxygen atoms in total. The first-order valence-corrected chi connectivity index (χ1v) is 9.81. The topological polar surface area (TPSA) is 24.8 Å². The lowest BCUT2D eigenvalue weighted by atomic mass is 9.97. The lowest BCUT2D eigenvalue weighted by Crippen LogP contribution is -2.09. The van der Waals surface area contributed by atoms with Crippen molar-refractivity contribution >= 4 is 17.6 Å². The van der Waals surface area contributed by atoms with Gasteiger partial charge in [-0.2, -0.15) is 5.10 Å². The van der Waals surface area contributed by atoms with E-state index in [0.29, 0.717) is 12.5 Å². The summed E-state index contributed by atoms with van der Waals surface area (Å²) in [6.45, 7) is 9.17. The fraction of sp³-hybridized carbons (Fsp3) is 0.240. The van der Waals surface area contributed by atoms with Gasteiger partial charge in [0.15, 0.2) is 0 Å². The van der Waals surface area contributed by atoms with E-state index in [1.165, 1.54) is 5.56 Å². The van der Waals surface area contributed by atoms with Crippen LogP contribution in [0.2, 0.25) is 0 Å². The molecule has 3 aromatic rings. The number of hydrogen-bond donors (Lipinski definition) is 0. The SMILES string of the molecule is CCOc1cc(C)c(/C=N\N(c2ccccc2)c2ccccc2)cc1C(C)C. The minimum Gasteiger partial charge on any atom is -0.494 e. The van der Waals surface area contributed by atoms with Gasteiger partial charge in [0.2, 0.25) is 0 Å². The van der Waals surface area contributed by atoms with Crippen molar-refractivity contribution in [3.8, 4) is 5.75 Å². The van der Waals surface area contributed by atoms with Crippen LogP contribution < -0.4 is 9.75 Å². The highest BCUT2D eigenvalue weighted by atomic mass is 16.5. The molecule has 28 heavy (non-hydrogen) atoms. The number of nitrogens with zero attached hydrogens (tertiary/aromatic N) is 2. The van der Waals surface area contributed by atoms with Gasteiger partial charge in [-0.3, -0.25) is 0 Å². The Kier molecular flexibility index (Phi) is 6.49. The molecule has 3 aromatic carbocycles. The van der Waals surface area contributed by atoms with Crippen LogP contribution in [0.4, 0.5) is 11.4 Å². The summed E-state index contributed by atoms with van der Waals surface area (Å²) in [6.07, 6.45) is 1.94. The molecule has 3 rings (SSSR count). The van der Waals surface area contributed by atoms with Crippen LogP contribution in [0.1, 0.15) is 43.4 Å². The highest BCUT2D eigenvalue weighted by molar-refractivity contribution is 5.84. The summed E-state index contributed by atoms with van der Waals surface area (Å²) in [6, 6.07) is 24.7. The molecule has 0 heterocycles. The number of aryl methyl sites for hydroxylation is 1. The summed E-state index contributed by atoms with van der Waals surface area (Å²) in [5.41, 5.74) is 5.51. The van der Waals surface area contributed by atoms with Gasteiger partial charge in [0.25, 0.3) is 0 Å². The Hall–Kier alpha value is -3.07. The lowest BCUT2D eigenvalue weighted by Gasteiger charge is -2.20. The number of rotatable bonds is 7. The maximum atomic E-state index is 5.84. The molecule has 0 radical (unpaired) electrons. The predicted molar refractivity (Wildman–Crippen MR) is 119 cm³/mol. The van der Waals surface area contributed by atoms with E-state index in [2.05, 4.69) is 57.2 Å². The molecule has 0 aliphatic rings. The van der Waals surface area contributed by atoms with Gasteiger partial charge in [-0.25, -0.2) is 5.01 Å². The molecular formula is C25H28N2O. The second-order valence-corrected chi connectivity index (χ2v) is 7.06. The summed E-state index contributed by atoms with van der Waals surface area (Å²) in [5.74, 6) is 1.35. The normalized spacial score (nSPS) is 11.2. The van der Waals surface area contributed by atoms with E-state index in [0.717, 1.165) is 28.3 Å². The fourth-order valence-corrected chi connectivity index (χ4v) is 3.13. The molecule has 0 aliphatic carbocycles. The summed E-state index contributed by atoms with van der Waals surface area (Å²) >= 11 is 0. The molecule has 0 N–H and O–H groups in total. The summed E-state index contributed by atoms with van der Waals surface area (Å²) < 4.78 is 5.84. The number of hydrogen-bond acceptors (Lipinski definition) is 3. The van der Waals surface area contributed by atoms with Crippen LogP contribution in [0, 0.1) is 6.92 Å². The van der Waals surface area contributed by atoms with E-state index in [1.807, 2.05) is 54.5 Å². The van der Waals surface area contributed by atoms with E-state index in [1.54, 1.807) is 0 Å². The zero-order valence-electron chi connectivity index (χ0n) is 17.1. The van der Waals surface area contributed by atoms with Crippen molar-refractivity contribution in [1.29, 1.82) is 0 Å². The quantitative estimate of drug-likeness (QED) is 0.341. The molecule has 0 aromatic heterocycles. The Bertz CT molecular complexity index is 879. The molecule has 0 amide bonds. The Labute approximate surface area is 168 Å². The first-order valence-electron chi connectivity index (χ1n) is 9.81. The molecular weight excluding hydrogens is 344 g/mol. The Balaban J connectivity index is 2.00. The maximum absolute atomic E-state index is 5.84. The van der Waals surface area contributed by atoms with Crippen molar-refractivity contribution in [2.24, 2.45) is 5.10 Å². The number of anilines is 2. The molecule has 0 aliphatic heterocycles. The maximum Gasteiger partial charge on any atom is 0.123 e. The van der Waals surface area contributed by atoms with Gasteiger partial charge in [0.1, 0.15) is 5.75 Å². The van der Waals surface area contributed by atoms with Gasteiger partial charge in [-0.05, 0) is 72.9 Å². The number of para-hydroxylation sites is 2. The van der Waals surface area contributed by atoms with Crippen LogP contribution in [0.5, 0.6) is 5.75 Å². The van der Waals surface area contributed by atoms with Crippen LogP contribution in [-0.4, -0.2) is 12.8 Å². The van der Waals surface area contributed by atoms with Crippen LogP contribution >= 0.6 is 0 Å². The lowest BCUT2D eigenvalue weighted by molar-refractivity contribution is 0.335. The highest BCUT2D eigenvalue weighted by Gasteiger charge is 2.12. The van der Waals surface area contributed by atoms with Crippen molar-refractivity contribution in [1.82, 2.24) is 0 Å². The standard InChI is InChI=1S/C25H28N2O/c1-5-28-25-16-20(4)21(17-24(25)19(2)3)18-26-27(22-12-8-6-9-13-22)23-14-10-7-11-15-23/h6-19H,5H2,1-4H3/b26-18-. The average molecular weight is 373 g/mol. The fourth-order valence-electron chi connectivity index (χ4n) is 3.13. The minimum atomic E-state index is 0.383. The Morgan fingerprint density at radius 2 is 1.50 bits per heavy atom. The van der Waals surface area contributed by atoms with Crippen LogP contribution in [0.15, 0.2) is 77.9 Å². The van der Waals surface area contributed by atoms with E-state index in [-0.39, 0.29) is 0 Å². The smallest absolute Gasteiger partial charge is 0.123 e. The molecule has 3 heteroatoms. The molecule has 0 fully saturated rings. The van der Waals surface area contributed by atoms with E-state index < -0.39 is 0 Å². The van der Waals surface area contributed by atoms with Gasteiger partial charge >= 0.3 is 0 Å². The zero-order valence-corrected chi connectivity index (χ0v) is 17.1. The monoisotopic (exact) mass is 372 g/mol. The average Bonchev–Trinajstić information content (AvgIpc) is 2.71. The van der Waals surface area contributed by atoms with E-state index in [9.17, 15) is 0 Å². The molecule has 0 spiro atoms. The van der Waals surface area contributed by atoms with Gasteiger partial charge in [-0.1, -0.05) is 50.2 Å². The van der Waals surface area contributed by atoms with Gasteiger partial charge in [0.05, 0.1) is 24.2 Å². The Morgan fingerprint density at radius 3 is 2.00 bits per heavy atom. The van der Waals surface area contributed by atoms with E-state index in [4.69, 9.17) is 9.84 Å². The first-order chi connectivity index (χ1) is 13.6. The van der Waals surface area contributed by atoms with Crippen molar-refractivity contribution in [2.45, 2.75) is 33.6 Å². The van der Waals surface area contributed by atoms with Crippen molar-refractivity contribution in [3.63, 3.8) is 0 Å². The predicted octanol–water partition coefficient (Wildman–Crippen LogP) is 6.69. The van der Waals surface area contributed by atoms with Crippen molar-refractivity contribution in [3.05, 3.63) is 89.5 Å². The van der Waals surface area contributed by atoms with Crippen LogP contribution in [-0.2, 0) is 0 Å². The highest BCUT2D eigenvalue weighted by Crippen LogP contribution is 2.30. The summed E-state index contributed by atoms with van der Waals surface area (Å²) in [5, 5.41) is 6.80. The van der Waals surface area contributed by atoms with Gasteiger partial charge < -0.3 is 4.74 Å². The van der Waals surface area contributed by atoms with Gasteiger partial charge in [0, 0.05) is 0 Å². The molecule has 0 unspecified atom stereocenters. The second-order valence-electron chi connectivity index (χ2n) is 7.06. The number of benzene rings is 3. The zero-order chi connectivity index (χ0) is 19.9. The Morgan fingerprint density at radius 1 is 0.929 bits per heavy atom. The van der Waals surface area contributed by atoms with Crippen molar-refractivity contribution < 1.29 is 4.74 Å². The van der Waals surface area contributed by atoms with Gasteiger partial charge in [-0.15, -0.1) is 0 Å². The molecule has 0 saturated heterocycles. The molecule has 144 valence electrons. The number of ether oxygens (including phenoxy) is 1. The van der Waals surface area contributed by atoms with Crippen LogP contribution in [0.25, 0.3) is 0 Å². The largest absolute Gasteiger partial charge is 0.494 e. The minimum absolute atomic E-state index is 0.383. The molecule has 0 bridgehead atoms.